The van der Waals surface area contributed by atoms with Crippen LogP contribution >= 0.6 is 0 Å². The van der Waals surface area contributed by atoms with Gasteiger partial charge in [0.15, 0.2) is 0 Å². The lowest BCUT2D eigenvalue weighted by Crippen LogP contribution is -2.41. The second-order valence-electron chi connectivity index (χ2n) is 6.35. The monoisotopic (exact) mass is 346 g/mol. The predicted octanol–water partition coefficient (Wildman–Crippen LogP) is 4.57. The van der Waals surface area contributed by atoms with Gasteiger partial charge < -0.3 is 9.47 Å². The van der Waals surface area contributed by atoms with Crippen molar-refractivity contribution >= 4 is 5.97 Å². The fourth-order valence-corrected chi connectivity index (χ4v) is 3.55. The van der Waals surface area contributed by atoms with Gasteiger partial charge in [0.2, 0.25) is 0 Å². The number of hydrogen-bond donors (Lipinski definition) is 0. The zero-order valence-electron chi connectivity index (χ0n) is 12.9. The van der Waals surface area contributed by atoms with E-state index >= 15 is 0 Å². The lowest BCUT2D eigenvalue weighted by Gasteiger charge is -2.39. The van der Waals surface area contributed by atoms with Gasteiger partial charge >= 0.3 is 12.1 Å². The molecule has 0 bridgehead atoms. The molecule has 1 aliphatic carbocycles. The number of ether oxygens (including phenoxy) is 2. The Hall–Kier alpha value is -1.63. The SMILES string of the molecule is O=C1OC(C2CCCCC2)C(OCC(F)(F)F)c2ccc(F)cc21. The Morgan fingerprint density at radius 2 is 1.88 bits per heavy atom. The van der Waals surface area contributed by atoms with E-state index in [-0.39, 0.29) is 17.0 Å². The summed E-state index contributed by atoms with van der Waals surface area (Å²) in [4.78, 5) is 12.2. The summed E-state index contributed by atoms with van der Waals surface area (Å²) in [6.07, 6.45) is -1.77. The van der Waals surface area contributed by atoms with Crippen LogP contribution in [0.4, 0.5) is 17.6 Å². The van der Waals surface area contributed by atoms with Gasteiger partial charge in [0.25, 0.3) is 0 Å². The largest absolute Gasteiger partial charge is 0.455 e. The van der Waals surface area contributed by atoms with E-state index in [0.29, 0.717) is 0 Å². The van der Waals surface area contributed by atoms with E-state index in [1.165, 1.54) is 6.07 Å². The van der Waals surface area contributed by atoms with Gasteiger partial charge in [0, 0.05) is 0 Å². The minimum absolute atomic E-state index is 0.0425. The molecule has 7 heteroatoms. The van der Waals surface area contributed by atoms with Crippen molar-refractivity contribution in [3.05, 3.63) is 35.1 Å². The fourth-order valence-electron chi connectivity index (χ4n) is 3.55. The van der Waals surface area contributed by atoms with Crippen molar-refractivity contribution in [1.29, 1.82) is 0 Å². The highest BCUT2D eigenvalue weighted by Crippen LogP contribution is 2.41. The molecule has 24 heavy (non-hydrogen) atoms. The maximum absolute atomic E-state index is 13.4. The van der Waals surface area contributed by atoms with Crippen LogP contribution in [0.2, 0.25) is 0 Å². The number of cyclic esters (lactones) is 1. The number of esters is 1. The minimum Gasteiger partial charge on any atom is -0.455 e. The van der Waals surface area contributed by atoms with E-state index in [1.54, 1.807) is 0 Å². The molecule has 2 aliphatic rings. The second kappa shape index (κ2) is 6.70. The topological polar surface area (TPSA) is 35.5 Å². The molecule has 1 aliphatic heterocycles. The Balaban J connectivity index is 1.92. The second-order valence-corrected chi connectivity index (χ2v) is 6.35. The van der Waals surface area contributed by atoms with Gasteiger partial charge in [-0.1, -0.05) is 25.3 Å². The van der Waals surface area contributed by atoms with E-state index in [4.69, 9.17) is 9.47 Å². The highest BCUT2D eigenvalue weighted by atomic mass is 19.4. The molecule has 0 N–H and O–H groups in total. The molecule has 1 heterocycles. The molecule has 0 saturated heterocycles. The van der Waals surface area contributed by atoms with Crippen LogP contribution < -0.4 is 0 Å². The standard InChI is InChI=1S/C17H18F4O3/c18-11-6-7-12-13(8-11)16(22)24-14(10-4-2-1-3-5-10)15(12)23-9-17(19,20)21/h6-8,10,14-15H,1-5,9H2. The zero-order chi connectivity index (χ0) is 17.3. The third kappa shape index (κ3) is 3.71. The molecule has 132 valence electrons. The number of halogens is 4. The highest BCUT2D eigenvalue weighted by molar-refractivity contribution is 5.92. The molecule has 0 amide bonds. The maximum Gasteiger partial charge on any atom is 0.411 e. The first-order valence-electron chi connectivity index (χ1n) is 8.04. The summed E-state index contributed by atoms with van der Waals surface area (Å²) in [5, 5.41) is 0. The van der Waals surface area contributed by atoms with Crippen LogP contribution in [0.1, 0.15) is 54.1 Å². The Morgan fingerprint density at radius 3 is 2.54 bits per heavy atom. The van der Waals surface area contributed by atoms with Crippen LogP contribution in [0.5, 0.6) is 0 Å². The molecule has 0 aromatic heterocycles. The van der Waals surface area contributed by atoms with Gasteiger partial charge in [-0.15, -0.1) is 0 Å². The van der Waals surface area contributed by atoms with Crippen LogP contribution in [0.3, 0.4) is 0 Å². The normalized spacial score (nSPS) is 25.2. The molecule has 2 unspecified atom stereocenters. The Bertz CT molecular complexity index is 608. The van der Waals surface area contributed by atoms with E-state index in [2.05, 4.69) is 0 Å². The van der Waals surface area contributed by atoms with Crippen LogP contribution in [-0.2, 0) is 9.47 Å². The molecule has 0 spiro atoms. The Morgan fingerprint density at radius 1 is 1.17 bits per heavy atom. The molecule has 2 atom stereocenters. The number of rotatable bonds is 3. The van der Waals surface area contributed by atoms with Crippen LogP contribution in [-0.4, -0.2) is 24.9 Å². The van der Waals surface area contributed by atoms with Crippen molar-refractivity contribution < 1.29 is 31.8 Å². The summed E-state index contributed by atoms with van der Waals surface area (Å²) in [6, 6.07) is 3.43. The number of alkyl halides is 3. The van der Waals surface area contributed by atoms with E-state index < -0.39 is 36.8 Å². The molecule has 1 aromatic rings. The van der Waals surface area contributed by atoms with Gasteiger partial charge in [-0.2, -0.15) is 13.2 Å². The van der Waals surface area contributed by atoms with Gasteiger partial charge in [0.1, 0.15) is 24.6 Å². The maximum atomic E-state index is 13.4. The lowest BCUT2D eigenvalue weighted by atomic mass is 9.80. The van der Waals surface area contributed by atoms with Gasteiger partial charge in [-0.25, -0.2) is 9.18 Å². The summed E-state index contributed by atoms with van der Waals surface area (Å²) >= 11 is 0. The zero-order valence-corrected chi connectivity index (χ0v) is 12.9. The number of hydrogen-bond acceptors (Lipinski definition) is 3. The van der Waals surface area contributed by atoms with Gasteiger partial charge in [-0.05, 0) is 36.5 Å². The molecular weight excluding hydrogens is 328 g/mol. The van der Waals surface area contributed by atoms with E-state index in [9.17, 15) is 22.4 Å². The van der Waals surface area contributed by atoms with Crippen molar-refractivity contribution in [1.82, 2.24) is 0 Å². The fraction of sp³-hybridized carbons (Fsp3) is 0.588. The Labute approximate surface area is 136 Å². The number of fused-ring (bicyclic) bond motifs is 1. The van der Waals surface area contributed by atoms with Crippen molar-refractivity contribution in [3.63, 3.8) is 0 Å². The molecule has 1 aromatic carbocycles. The summed E-state index contributed by atoms with van der Waals surface area (Å²) in [7, 11) is 0. The van der Waals surface area contributed by atoms with E-state index in [0.717, 1.165) is 44.2 Å². The van der Waals surface area contributed by atoms with Crippen LogP contribution in [0, 0.1) is 11.7 Å². The third-order valence-electron chi connectivity index (χ3n) is 4.62. The lowest BCUT2D eigenvalue weighted by molar-refractivity contribution is -0.202. The summed E-state index contributed by atoms with van der Waals surface area (Å²) in [5.74, 6) is -1.39. The van der Waals surface area contributed by atoms with Crippen molar-refractivity contribution in [2.45, 2.75) is 50.5 Å². The van der Waals surface area contributed by atoms with Gasteiger partial charge in [0.05, 0.1) is 5.56 Å². The number of benzene rings is 1. The first kappa shape index (κ1) is 17.2. The number of carbonyl (C=O) groups excluding carboxylic acids is 1. The van der Waals surface area contributed by atoms with E-state index in [1.807, 2.05) is 0 Å². The van der Waals surface area contributed by atoms with Crippen LogP contribution in [0.15, 0.2) is 18.2 Å². The quantitative estimate of drug-likeness (QED) is 0.594. The van der Waals surface area contributed by atoms with Crippen molar-refractivity contribution in [2.24, 2.45) is 5.92 Å². The number of carbonyl (C=O) groups is 1. The smallest absolute Gasteiger partial charge is 0.411 e. The Kier molecular flexibility index (Phi) is 4.80. The predicted molar refractivity (Wildman–Crippen MR) is 76.9 cm³/mol. The molecule has 0 radical (unpaired) electrons. The van der Waals surface area contributed by atoms with Gasteiger partial charge in [-0.3, -0.25) is 0 Å². The average molecular weight is 346 g/mol. The highest BCUT2D eigenvalue weighted by Gasteiger charge is 2.43. The molecular formula is C17H18F4O3. The third-order valence-corrected chi connectivity index (χ3v) is 4.62. The minimum atomic E-state index is -4.49. The molecule has 1 saturated carbocycles. The summed E-state index contributed by atoms with van der Waals surface area (Å²) in [6.45, 7) is -1.44. The molecule has 3 nitrogen and oxygen atoms in total. The van der Waals surface area contributed by atoms with Crippen LogP contribution in [0.25, 0.3) is 0 Å². The first-order chi connectivity index (χ1) is 11.3. The molecule has 3 rings (SSSR count). The average Bonchev–Trinajstić information content (AvgIpc) is 2.54. The summed E-state index contributed by atoms with van der Waals surface area (Å²) in [5.41, 5.74) is 0.210. The summed E-state index contributed by atoms with van der Waals surface area (Å²) < 4.78 is 61.7. The van der Waals surface area contributed by atoms with Crippen molar-refractivity contribution in [2.75, 3.05) is 6.61 Å². The van der Waals surface area contributed by atoms with Crippen molar-refractivity contribution in [3.8, 4) is 0 Å². The molecule has 1 fully saturated rings. The first-order valence-corrected chi connectivity index (χ1v) is 8.04.